The Hall–Kier alpha value is -2.32. The molecular formula is C24H30N4O3S. The summed E-state index contributed by atoms with van der Waals surface area (Å²) in [5, 5.41) is 5.10. The standard InChI is InChI=1S/C24H30N4O3S/c29-23-24(27-22(26-23)19-5-2-1-3-6-19)11-14-28(15-12-24)32(30,31)16-10-18-7-4-8-20-17-25-13-9-21(18)20/h4,7-9,13,17,19H,1-3,5-6,10-12,14-16H2,(H,26,27,29). The molecule has 1 amide bonds. The number of aliphatic imine (C=N–C) groups is 1. The molecule has 1 aromatic carbocycles. The number of sulfonamides is 1. The summed E-state index contributed by atoms with van der Waals surface area (Å²) in [7, 11) is -3.41. The van der Waals surface area contributed by atoms with E-state index in [0.717, 1.165) is 35.0 Å². The van der Waals surface area contributed by atoms with Gasteiger partial charge in [0.15, 0.2) is 0 Å². The number of carbonyl (C=O) groups is 1. The van der Waals surface area contributed by atoms with E-state index >= 15 is 0 Å². The molecule has 1 aliphatic carbocycles. The highest BCUT2D eigenvalue weighted by Crippen LogP contribution is 2.35. The second-order valence-electron chi connectivity index (χ2n) is 9.30. The number of amidine groups is 1. The van der Waals surface area contributed by atoms with Crippen molar-refractivity contribution in [2.75, 3.05) is 18.8 Å². The first-order valence-electron chi connectivity index (χ1n) is 11.7. The van der Waals surface area contributed by atoms with Crippen LogP contribution in [-0.2, 0) is 21.2 Å². The van der Waals surface area contributed by atoms with E-state index in [9.17, 15) is 13.2 Å². The van der Waals surface area contributed by atoms with Gasteiger partial charge in [-0.05, 0) is 49.1 Å². The molecule has 0 atom stereocenters. The first-order chi connectivity index (χ1) is 15.5. The molecule has 32 heavy (non-hydrogen) atoms. The van der Waals surface area contributed by atoms with Gasteiger partial charge in [0.05, 0.1) is 5.75 Å². The molecule has 0 unspecified atom stereocenters. The molecule has 8 heteroatoms. The normalized spacial score (nSPS) is 22.2. The molecular weight excluding hydrogens is 424 g/mol. The number of nitrogens with one attached hydrogen (secondary N) is 1. The highest BCUT2D eigenvalue weighted by Gasteiger charge is 2.48. The van der Waals surface area contributed by atoms with Gasteiger partial charge in [0.25, 0.3) is 5.91 Å². The molecule has 2 aromatic rings. The number of amides is 1. The minimum absolute atomic E-state index is 0.0421. The van der Waals surface area contributed by atoms with Crippen LogP contribution < -0.4 is 5.32 Å². The molecule has 1 spiro atoms. The number of carbonyl (C=O) groups excluding carboxylic acids is 1. The lowest BCUT2D eigenvalue weighted by atomic mass is 9.88. The number of aromatic nitrogens is 1. The van der Waals surface area contributed by atoms with Crippen LogP contribution in [0.1, 0.15) is 50.5 Å². The number of rotatable bonds is 5. The molecule has 170 valence electrons. The average Bonchev–Trinajstić information content (AvgIpc) is 3.14. The maximum Gasteiger partial charge on any atom is 0.253 e. The first-order valence-corrected chi connectivity index (χ1v) is 13.3. The maximum absolute atomic E-state index is 13.1. The summed E-state index contributed by atoms with van der Waals surface area (Å²) in [6.45, 7) is 0.688. The van der Waals surface area contributed by atoms with Gasteiger partial charge in [0.2, 0.25) is 10.0 Å². The van der Waals surface area contributed by atoms with Crippen LogP contribution in [0.4, 0.5) is 0 Å². The zero-order valence-corrected chi connectivity index (χ0v) is 19.1. The van der Waals surface area contributed by atoms with Gasteiger partial charge >= 0.3 is 0 Å². The second-order valence-corrected chi connectivity index (χ2v) is 11.4. The Morgan fingerprint density at radius 3 is 2.66 bits per heavy atom. The van der Waals surface area contributed by atoms with Crippen LogP contribution in [0.3, 0.4) is 0 Å². The first kappa shape index (κ1) is 21.5. The summed E-state index contributed by atoms with van der Waals surface area (Å²) in [6, 6.07) is 7.84. The van der Waals surface area contributed by atoms with Crippen molar-refractivity contribution in [1.29, 1.82) is 0 Å². The molecule has 1 saturated carbocycles. The summed E-state index contributed by atoms with van der Waals surface area (Å²) in [4.78, 5) is 21.8. The lowest BCUT2D eigenvalue weighted by Crippen LogP contribution is -2.51. The molecule has 7 nitrogen and oxygen atoms in total. The molecule has 0 bridgehead atoms. The fraction of sp³-hybridized carbons (Fsp3) is 0.542. The van der Waals surface area contributed by atoms with E-state index < -0.39 is 15.6 Å². The third kappa shape index (κ3) is 4.06. The van der Waals surface area contributed by atoms with Crippen molar-refractivity contribution in [3.05, 3.63) is 42.2 Å². The van der Waals surface area contributed by atoms with Crippen molar-refractivity contribution in [3.8, 4) is 0 Å². The third-order valence-electron chi connectivity index (χ3n) is 7.33. The van der Waals surface area contributed by atoms with E-state index in [1.54, 1.807) is 16.7 Å². The Labute approximate surface area is 189 Å². The predicted octanol–water partition coefficient (Wildman–Crippen LogP) is 3.05. The maximum atomic E-state index is 13.1. The molecule has 1 N–H and O–H groups in total. The highest BCUT2D eigenvalue weighted by molar-refractivity contribution is 7.89. The Bertz CT molecular complexity index is 1140. The lowest BCUT2D eigenvalue weighted by molar-refractivity contribution is -0.125. The number of aryl methyl sites for hydroxylation is 1. The second kappa shape index (κ2) is 8.56. The van der Waals surface area contributed by atoms with E-state index in [-0.39, 0.29) is 11.7 Å². The van der Waals surface area contributed by atoms with E-state index in [4.69, 9.17) is 4.99 Å². The summed E-state index contributed by atoms with van der Waals surface area (Å²) < 4.78 is 27.7. The van der Waals surface area contributed by atoms with Crippen molar-refractivity contribution in [1.82, 2.24) is 14.6 Å². The Balaban J connectivity index is 1.24. The SMILES string of the molecule is O=C1NC(C2CCCCC2)=NC12CCN(S(=O)(=O)CCc1cccc3cnccc13)CC2. The topological polar surface area (TPSA) is 91.7 Å². The van der Waals surface area contributed by atoms with Crippen LogP contribution in [0.25, 0.3) is 10.8 Å². The van der Waals surface area contributed by atoms with Crippen LogP contribution in [-0.4, -0.2) is 53.8 Å². The predicted molar refractivity (Wildman–Crippen MR) is 125 cm³/mol. The molecule has 3 heterocycles. The van der Waals surface area contributed by atoms with Gasteiger partial charge in [0.1, 0.15) is 11.4 Å². The zero-order chi connectivity index (χ0) is 22.2. The number of nitrogens with zero attached hydrogens (tertiary/aromatic N) is 3. The van der Waals surface area contributed by atoms with Gasteiger partial charge in [-0.15, -0.1) is 0 Å². The van der Waals surface area contributed by atoms with Crippen LogP contribution in [0, 0.1) is 5.92 Å². The Morgan fingerprint density at radius 1 is 1.09 bits per heavy atom. The molecule has 1 saturated heterocycles. The Kier molecular flexibility index (Phi) is 5.75. The summed E-state index contributed by atoms with van der Waals surface area (Å²) in [5.74, 6) is 1.21. The van der Waals surface area contributed by atoms with Crippen molar-refractivity contribution >= 4 is 32.5 Å². The number of pyridine rings is 1. The van der Waals surface area contributed by atoms with Gasteiger partial charge in [-0.1, -0.05) is 37.5 Å². The highest BCUT2D eigenvalue weighted by atomic mass is 32.2. The van der Waals surface area contributed by atoms with E-state index in [1.165, 1.54) is 19.3 Å². The molecule has 2 aliphatic heterocycles. The lowest BCUT2D eigenvalue weighted by Gasteiger charge is -2.34. The number of hydrogen-bond donors (Lipinski definition) is 1. The minimum atomic E-state index is -3.41. The third-order valence-corrected chi connectivity index (χ3v) is 9.21. The van der Waals surface area contributed by atoms with Gasteiger partial charge in [-0.2, -0.15) is 0 Å². The molecule has 3 aliphatic rings. The largest absolute Gasteiger partial charge is 0.312 e. The smallest absolute Gasteiger partial charge is 0.253 e. The number of piperidine rings is 1. The zero-order valence-electron chi connectivity index (χ0n) is 18.3. The van der Waals surface area contributed by atoms with Crippen molar-refractivity contribution < 1.29 is 13.2 Å². The van der Waals surface area contributed by atoms with Crippen LogP contribution >= 0.6 is 0 Å². The van der Waals surface area contributed by atoms with Crippen molar-refractivity contribution in [2.24, 2.45) is 10.9 Å². The van der Waals surface area contributed by atoms with Gasteiger partial charge < -0.3 is 5.32 Å². The van der Waals surface area contributed by atoms with E-state index in [2.05, 4.69) is 10.3 Å². The summed E-state index contributed by atoms with van der Waals surface area (Å²) >= 11 is 0. The van der Waals surface area contributed by atoms with Gasteiger partial charge in [0, 0.05) is 36.8 Å². The van der Waals surface area contributed by atoms with Gasteiger partial charge in [-0.25, -0.2) is 12.7 Å². The fourth-order valence-corrected chi connectivity index (χ4v) is 6.84. The van der Waals surface area contributed by atoms with Crippen molar-refractivity contribution in [3.63, 3.8) is 0 Å². The Morgan fingerprint density at radius 2 is 1.88 bits per heavy atom. The van der Waals surface area contributed by atoms with E-state index in [0.29, 0.717) is 38.3 Å². The quantitative estimate of drug-likeness (QED) is 0.752. The summed E-state index contributed by atoms with van der Waals surface area (Å²) in [5.41, 5.74) is 0.236. The van der Waals surface area contributed by atoms with Crippen LogP contribution in [0.5, 0.6) is 0 Å². The minimum Gasteiger partial charge on any atom is -0.312 e. The van der Waals surface area contributed by atoms with Gasteiger partial charge in [-0.3, -0.25) is 14.8 Å². The molecule has 2 fully saturated rings. The van der Waals surface area contributed by atoms with E-state index in [1.807, 2.05) is 24.3 Å². The van der Waals surface area contributed by atoms with Crippen LogP contribution in [0.2, 0.25) is 0 Å². The fourth-order valence-electron chi connectivity index (χ4n) is 5.36. The number of hydrogen-bond acceptors (Lipinski definition) is 5. The molecule has 0 radical (unpaired) electrons. The van der Waals surface area contributed by atoms with Crippen LogP contribution in [0.15, 0.2) is 41.7 Å². The average molecular weight is 455 g/mol. The number of fused-ring (bicyclic) bond motifs is 1. The number of benzene rings is 1. The molecule has 5 rings (SSSR count). The summed E-state index contributed by atoms with van der Waals surface area (Å²) in [6.07, 6.45) is 10.7. The monoisotopic (exact) mass is 454 g/mol. The molecule has 1 aromatic heterocycles. The van der Waals surface area contributed by atoms with Crippen molar-refractivity contribution in [2.45, 2.75) is 56.9 Å².